The van der Waals surface area contributed by atoms with Crippen molar-refractivity contribution in [2.24, 2.45) is 0 Å². The zero-order chi connectivity index (χ0) is 49.1. The molecule has 1 aliphatic carbocycles. The highest BCUT2D eigenvalue weighted by molar-refractivity contribution is 6.19. The first-order chi connectivity index (χ1) is 36.6. The van der Waals surface area contributed by atoms with Crippen LogP contribution in [0.3, 0.4) is 0 Å². The summed E-state index contributed by atoms with van der Waals surface area (Å²) in [7, 11) is 0. The molecule has 0 amide bonds. The van der Waals surface area contributed by atoms with Crippen molar-refractivity contribution in [3.63, 3.8) is 0 Å². The number of nitrogens with zero attached hydrogens (tertiary/aromatic N) is 4. The monoisotopic (exact) mass is 938 g/mol. The maximum absolute atomic E-state index is 10.7. The van der Waals surface area contributed by atoms with Crippen LogP contribution in [0, 0.1) is 11.3 Å². The van der Waals surface area contributed by atoms with Crippen molar-refractivity contribution in [3.8, 4) is 118 Å². The van der Waals surface area contributed by atoms with Crippen molar-refractivity contribution in [2.45, 2.75) is 0 Å². The number of benzene rings is 12. The Morgan fingerprint density at radius 1 is 0.243 bits per heavy atom. The van der Waals surface area contributed by atoms with E-state index in [4.69, 9.17) is 15.0 Å². The summed E-state index contributed by atoms with van der Waals surface area (Å²) in [6, 6.07) is 92.2. The van der Waals surface area contributed by atoms with E-state index in [0.29, 0.717) is 23.0 Å². The summed E-state index contributed by atoms with van der Waals surface area (Å²) < 4.78 is 0. The Morgan fingerprint density at radius 3 is 1.32 bits per heavy atom. The van der Waals surface area contributed by atoms with Gasteiger partial charge in [-0.05, 0) is 111 Å². The third-order valence-corrected chi connectivity index (χ3v) is 14.8. The minimum absolute atomic E-state index is 0.600. The van der Waals surface area contributed by atoms with Crippen LogP contribution in [-0.2, 0) is 0 Å². The zero-order valence-electron chi connectivity index (χ0n) is 40.0. The molecule has 12 aromatic carbocycles. The van der Waals surface area contributed by atoms with Crippen LogP contribution < -0.4 is 0 Å². The first-order valence-corrected chi connectivity index (χ1v) is 25.0. The molecule has 1 aromatic heterocycles. The van der Waals surface area contributed by atoms with E-state index in [1.165, 1.54) is 65.7 Å². The highest BCUT2D eigenvalue weighted by Crippen LogP contribution is 2.49. The highest BCUT2D eigenvalue weighted by Gasteiger charge is 2.23. The topological polar surface area (TPSA) is 62.5 Å². The lowest BCUT2D eigenvalue weighted by Gasteiger charge is -2.13. The van der Waals surface area contributed by atoms with Gasteiger partial charge in [-0.3, -0.25) is 0 Å². The molecule has 1 heterocycles. The van der Waals surface area contributed by atoms with Gasteiger partial charge in [-0.25, -0.2) is 15.0 Å². The molecular weight excluding hydrogens is 897 g/mol. The summed E-state index contributed by atoms with van der Waals surface area (Å²) >= 11 is 0. The molecule has 0 bridgehead atoms. The molecule has 0 saturated heterocycles. The van der Waals surface area contributed by atoms with E-state index in [2.05, 4.69) is 212 Å². The number of nitriles is 1. The molecule has 342 valence electrons. The van der Waals surface area contributed by atoms with E-state index in [1.54, 1.807) is 0 Å². The van der Waals surface area contributed by atoms with Crippen molar-refractivity contribution < 1.29 is 0 Å². The number of hydrogen-bond donors (Lipinski definition) is 0. The molecule has 14 rings (SSSR count). The van der Waals surface area contributed by atoms with Gasteiger partial charge in [0, 0.05) is 27.8 Å². The molecule has 0 saturated carbocycles. The van der Waals surface area contributed by atoms with Gasteiger partial charge in [0.1, 0.15) is 6.07 Å². The third-order valence-electron chi connectivity index (χ3n) is 14.8. The third kappa shape index (κ3) is 7.26. The van der Waals surface area contributed by atoms with Gasteiger partial charge >= 0.3 is 0 Å². The lowest BCUT2D eigenvalue weighted by Crippen LogP contribution is -2.00. The summed E-state index contributed by atoms with van der Waals surface area (Å²) in [5.74, 6) is 1.83. The molecule has 0 spiro atoms. The van der Waals surface area contributed by atoms with Crippen molar-refractivity contribution in [3.05, 3.63) is 260 Å². The predicted octanol–water partition coefficient (Wildman–Crippen LogP) is 18.2. The van der Waals surface area contributed by atoms with Crippen LogP contribution >= 0.6 is 0 Å². The maximum Gasteiger partial charge on any atom is 0.164 e. The average Bonchev–Trinajstić information content (AvgIpc) is 3.83. The maximum atomic E-state index is 10.7. The van der Waals surface area contributed by atoms with Crippen molar-refractivity contribution >= 4 is 32.3 Å². The second-order valence-electron chi connectivity index (χ2n) is 19.0. The van der Waals surface area contributed by atoms with Gasteiger partial charge < -0.3 is 0 Å². The van der Waals surface area contributed by atoms with Gasteiger partial charge in [-0.2, -0.15) is 5.26 Å². The summed E-state index contributed by atoms with van der Waals surface area (Å²) in [6.07, 6.45) is 0. The molecular formula is C70H42N4. The van der Waals surface area contributed by atoms with E-state index in [0.717, 1.165) is 61.2 Å². The molecule has 13 aromatic rings. The van der Waals surface area contributed by atoms with Crippen LogP contribution in [0.4, 0.5) is 0 Å². The molecule has 0 aliphatic heterocycles. The second-order valence-corrected chi connectivity index (χ2v) is 19.0. The largest absolute Gasteiger partial charge is 0.208 e. The lowest BCUT2D eigenvalue weighted by atomic mass is 9.90. The Balaban J connectivity index is 0.751. The molecule has 0 N–H and O–H groups in total. The normalized spacial score (nSPS) is 11.5. The lowest BCUT2D eigenvalue weighted by molar-refractivity contribution is 1.07. The Kier molecular flexibility index (Phi) is 10.2. The first kappa shape index (κ1) is 42.8. The SMILES string of the molecule is N#Cc1c(-c2ccc(-c3ccc(-c4nc(-c5ccccc5)nc(-c5cccc(-c6cc7ccccc7c7ccccc67)c5)n4)cc3)cc2)cccc1-c1ccc(-c2ccc3c4c(cccc24)-c2ccccc2-3)cc1. The fourth-order valence-electron chi connectivity index (χ4n) is 11.2. The smallest absolute Gasteiger partial charge is 0.164 e. The predicted molar refractivity (Wildman–Crippen MR) is 305 cm³/mol. The van der Waals surface area contributed by atoms with Gasteiger partial charge in [-0.15, -0.1) is 0 Å². The Hall–Kier alpha value is -10.1. The summed E-state index contributed by atoms with van der Waals surface area (Å²) in [6.45, 7) is 0. The second kappa shape index (κ2) is 17.6. The first-order valence-electron chi connectivity index (χ1n) is 25.0. The number of hydrogen-bond acceptors (Lipinski definition) is 4. The summed E-state index contributed by atoms with van der Waals surface area (Å²) in [4.78, 5) is 15.2. The Bertz CT molecular complexity index is 4370. The molecule has 74 heavy (non-hydrogen) atoms. The van der Waals surface area contributed by atoms with E-state index in [1.807, 2.05) is 48.5 Å². The fraction of sp³-hybridized carbons (Fsp3) is 0. The molecule has 4 heteroatoms. The van der Waals surface area contributed by atoms with Crippen LogP contribution in [0.2, 0.25) is 0 Å². The molecule has 0 radical (unpaired) electrons. The average molecular weight is 939 g/mol. The molecule has 0 fully saturated rings. The van der Waals surface area contributed by atoms with Crippen LogP contribution in [0.1, 0.15) is 5.56 Å². The standard InChI is InChI=1S/C70H42N4/c71-43-66-54(23-11-24-55(66)47-33-35-48(36-34-47)57-39-40-64-60-21-8-7-20-59(60)63-26-12-25-62(57)67(63)64)46-31-27-44(28-32-46)45-29-37-50(38-30-45)69-72-68(49-13-2-1-3-14-49)73-70(74-69)53-17-10-16-51(41-53)65-42-52-15-4-5-18-56(52)58-19-6-9-22-61(58)65/h1-42H. The van der Waals surface area contributed by atoms with Crippen LogP contribution in [-0.4, -0.2) is 15.0 Å². The van der Waals surface area contributed by atoms with E-state index in [9.17, 15) is 5.26 Å². The number of aromatic nitrogens is 3. The van der Waals surface area contributed by atoms with Gasteiger partial charge in [0.15, 0.2) is 17.5 Å². The van der Waals surface area contributed by atoms with Gasteiger partial charge in [-0.1, -0.05) is 243 Å². The molecule has 0 unspecified atom stereocenters. The fourth-order valence-corrected chi connectivity index (χ4v) is 11.2. The summed E-state index contributed by atoms with van der Waals surface area (Å²) in [5.41, 5.74) is 19.1. The zero-order valence-corrected chi connectivity index (χ0v) is 40.0. The minimum Gasteiger partial charge on any atom is -0.208 e. The van der Waals surface area contributed by atoms with Gasteiger partial charge in [0.05, 0.1) is 5.56 Å². The van der Waals surface area contributed by atoms with E-state index in [-0.39, 0.29) is 0 Å². The van der Waals surface area contributed by atoms with E-state index < -0.39 is 0 Å². The molecule has 4 nitrogen and oxygen atoms in total. The van der Waals surface area contributed by atoms with Crippen LogP contribution in [0.15, 0.2) is 255 Å². The van der Waals surface area contributed by atoms with Crippen molar-refractivity contribution in [1.82, 2.24) is 15.0 Å². The summed E-state index contributed by atoms with van der Waals surface area (Å²) in [5, 5.41) is 18.1. The van der Waals surface area contributed by atoms with Gasteiger partial charge in [0.2, 0.25) is 0 Å². The highest BCUT2D eigenvalue weighted by atomic mass is 15.0. The van der Waals surface area contributed by atoms with Gasteiger partial charge in [0.25, 0.3) is 0 Å². The Labute approximate surface area is 428 Å². The van der Waals surface area contributed by atoms with Crippen molar-refractivity contribution in [1.29, 1.82) is 5.26 Å². The Morgan fingerprint density at radius 2 is 0.662 bits per heavy atom. The quantitative estimate of drug-likeness (QED) is 0.142. The van der Waals surface area contributed by atoms with Crippen LogP contribution in [0.25, 0.3) is 144 Å². The van der Waals surface area contributed by atoms with E-state index >= 15 is 0 Å². The number of fused-ring (bicyclic) bond motifs is 6. The molecule has 0 atom stereocenters. The molecule has 1 aliphatic rings. The van der Waals surface area contributed by atoms with Crippen molar-refractivity contribution in [2.75, 3.05) is 0 Å². The number of rotatable bonds is 8. The van der Waals surface area contributed by atoms with Crippen LogP contribution in [0.5, 0.6) is 0 Å². The minimum atomic E-state index is 0.600.